The zero-order valence-corrected chi connectivity index (χ0v) is 12.1. The molecule has 0 fully saturated rings. The Morgan fingerprint density at radius 3 is 2.22 bits per heavy atom. The maximum Gasteiger partial charge on any atom is 0.237 e. The molecular formula is C12H20N4OS. The second-order valence-corrected chi connectivity index (χ2v) is 5.74. The normalized spacial score (nSPS) is 14.3. The standard InChI is InChI=1S/C12H20N4OS/c1-7-8(2)15-11(16-9(7)3)18-6-5-12(4,14)10(13)17/h5-6,14H2,1-4H3,(H2,13,17). The van der Waals surface area contributed by atoms with Crippen LogP contribution in [-0.4, -0.2) is 27.2 Å². The van der Waals surface area contributed by atoms with Gasteiger partial charge in [-0.25, -0.2) is 9.97 Å². The molecule has 0 saturated carbocycles. The largest absolute Gasteiger partial charge is 0.368 e. The predicted molar refractivity (Wildman–Crippen MR) is 73.4 cm³/mol. The van der Waals surface area contributed by atoms with Crippen molar-refractivity contribution in [3.05, 3.63) is 17.0 Å². The molecule has 18 heavy (non-hydrogen) atoms. The van der Waals surface area contributed by atoms with Gasteiger partial charge in [0.05, 0.1) is 5.54 Å². The first-order chi connectivity index (χ1) is 8.24. The Bertz CT molecular complexity index is 436. The molecule has 0 aliphatic carbocycles. The summed E-state index contributed by atoms with van der Waals surface area (Å²) in [4.78, 5) is 19.9. The van der Waals surface area contributed by atoms with Gasteiger partial charge in [-0.15, -0.1) is 0 Å². The Morgan fingerprint density at radius 1 is 1.28 bits per heavy atom. The van der Waals surface area contributed by atoms with Crippen LogP contribution in [-0.2, 0) is 4.79 Å². The van der Waals surface area contributed by atoms with E-state index in [1.54, 1.807) is 6.92 Å². The minimum Gasteiger partial charge on any atom is -0.368 e. The van der Waals surface area contributed by atoms with E-state index < -0.39 is 11.4 Å². The summed E-state index contributed by atoms with van der Waals surface area (Å²) in [6.45, 7) is 7.57. The number of nitrogens with two attached hydrogens (primary N) is 2. The molecule has 0 radical (unpaired) electrons. The quantitative estimate of drug-likeness (QED) is 0.615. The number of aryl methyl sites for hydroxylation is 2. The van der Waals surface area contributed by atoms with Crippen molar-refractivity contribution >= 4 is 17.7 Å². The third-order valence-corrected chi connectivity index (χ3v) is 3.88. The van der Waals surface area contributed by atoms with Crippen molar-refractivity contribution in [2.24, 2.45) is 11.5 Å². The average Bonchev–Trinajstić information content (AvgIpc) is 2.25. The predicted octanol–water partition coefficient (Wildman–Crippen LogP) is 1.09. The first-order valence-electron chi connectivity index (χ1n) is 5.77. The van der Waals surface area contributed by atoms with E-state index in [4.69, 9.17) is 11.5 Å². The molecule has 5 nitrogen and oxygen atoms in total. The smallest absolute Gasteiger partial charge is 0.237 e. The van der Waals surface area contributed by atoms with Gasteiger partial charge in [0.15, 0.2) is 5.16 Å². The molecule has 1 amide bonds. The minimum atomic E-state index is -0.970. The number of primary amides is 1. The van der Waals surface area contributed by atoms with Crippen molar-refractivity contribution in [3.8, 4) is 0 Å². The first-order valence-corrected chi connectivity index (χ1v) is 6.76. The molecule has 1 aromatic rings. The molecule has 1 heterocycles. The molecule has 0 aliphatic rings. The van der Waals surface area contributed by atoms with Crippen molar-refractivity contribution in [1.29, 1.82) is 0 Å². The van der Waals surface area contributed by atoms with Crippen LogP contribution in [0, 0.1) is 20.8 Å². The maximum atomic E-state index is 11.1. The van der Waals surface area contributed by atoms with Crippen LogP contribution < -0.4 is 11.5 Å². The van der Waals surface area contributed by atoms with Crippen LogP contribution in [0.4, 0.5) is 0 Å². The molecule has 4 N–H and O–H groups in total. The van der Waals surface area contributed by atoms with E-state index in [1.807, 2.05) is 20.8 Å². The van der Waals surface area contributed by atoms with Gasteiger partial charge in [-0.05, 0) is 39.7 Å². The number of rotatable bonds is 5. The molecule has 0 saturated heterocycles. The van der Waals surface area contributed by atoms with Crippen LogP contribution in [0.5, 0.6) is 0 Å². The average molecular weight is 268 g/mol. The Balaban J connectivity index is 2.63. The summed E-state index contributed by atoms with van der Waals surface area (Å²) in [5.41, 5.74) is 13.1. The fourth-order valence-electron chi connectivity index (χ4n) is 1.28. The maximum absolute atomic E-state index is 11.1. The highest BCUT2D eigenvalue weighted by atomic mass is 32.2. The monoisotopic (exact) mass is 268 g/mol. The number of hydrogen-bond acceptors (Lipinski definition) is 5. The van der Waals surface area contributed by atoms with Gasteiger partial charge in [0.1, 0.15) is 0 Å². The molecule has 1 atom stereocenters. The van der Waals surface area contributed by atoms with Crippen LogP contribution in [0.25, 0.3) is 0 Å². The fourth-order valence-corrected chi connectivity index (χ4v) is 2.40. The third kappa shape index (κ3) is 3.68. The molecule has 0 spiro atoms. The van der Waals surface area contributed by atoms with Crippen LogP contribution in [0.15, 0.2) is 5.16 Å². The Hall–Kier alpha value is -1.14. The van der Waals surface area contributed by atoms with Crippen molar-refractivity contribution in [1.82, 2.24) is 9.97 Å². The lowest BCUT2D eigenvalue weighted by molar-refractivity contribution is -0.122. The summed E-state index contributed by atoms with van der Waals surface area (Å²) in [5, 5.41) is 0.718. The van der Waals surface area contributed by atoms with Gasteiger partial charge < -0.3 is 11.5 Å². The molecule has 6 heteroatoms. The van der Waals surface area contributed by atoms with Gasteiger partial charge in [0, 0.05) is 17.1 Å². The summed E-state index contributed by atoms with van der Waals surface area (Å²) < 4.78 is 0. The fraction of sp³-hybridized carbons (Fsp3) is 0.583. The number of amides is 1. The van der Waals surface area contributed by atoms with Crippen molar-refractivity contribution < 1.29 is 4.79 Å². The van der Waals surface area contributed by atoms with Crippen molar-refractivity contribution in [2.45, 2.75) is 44.8 Å². The summed E-state index contributed by atoms with van der Waals surface area (Å²) >= 11 is 1.49. The molecule has 0 aromatic carbocycles. The second-order valence-electron chi connectivity index (χ2n) is 4.68. The van der Waals surface area contributed by atoms with E-state index in [-0.39, 0.29) is 0 Å². The van der Waals surface area contributed by atoms with Gasteiger partial charge >= 0.3 is 0 Å². The molecule has 0 aliphatic heterocycles. The van der Waals surface area contributed by atoms with Crippen LogP contribution >= 0.6 is 11.8 Å². The van der Waals surface area contributed by atoms with Gasteiger partial charge in [0.2, 0.25) is 5.91 Å². The Morgan fingerprint density at radius 2 is 1.78 bits per heavy atom. The first kappa shape index (κ1) is 14.9. The topological polar surface area (TPSA) is 94.9 Å². The molecule has 1 aromatic heterocycles. The zero-order valence-electron chi connectivity index (χ0n) is 11.3. The number of hydrogen-bond donors (Lipinski definition) is 2. The lowest BCUT2D eigenvalue weighted by Crippen LogP contribution is -2.49. The number of carbonyl (C=O) groups excluding carboxylic acids is 1. The summed E-state index contributed by atoms with van der Waals surface area (Å²) in [7, 11) is 0. The van der Waals surface area contributed by atoms with Crippen molar-refractivity contribution in [3.63, 3.8) is 0 Å². The van der Waals surface area contributed by atoms with Gasteiger partial charge in [0.25, 0.3) is 0 Å². The molecule has 1 rings (SSSR count). The molecule has 100 valence electrons. The Labute approximate surface area is 112 Å². The van der Waals surface area contributed by atoms with E-state index in [9.17, 15) is 4.79 Å². The number of carbonyl (C=O) groups is 1. The molecular weight excluding hydrogens is 248 g/mol. The van der Waals surface area contributed by atoms with Gasteiger partial charge in [-0.1, -0.05) is 11.8 Å². The molecule has 1 unspecified atom stereocenters. The van der Waals surface area contributed by atoms with E-state index >= 15 is 0 Å². The van der Waals surface area contributed by atoms with Gasteiger partial charge in [-0.2, -0.15) is 0 Å². The highest BCUT2D eigenvalue weighted by Gasteiger charge is 2.25. The summed E-state index contributed by atoms with van der Waals surface area (Å²) in [6.07, 6.45) is 0.502. The zero-order chi connectivity index (χ0) is 13.9. The number of aromatic nitrogens is 2. The lowest BCUT2D eigenvalue weighted by Gasteiger charge is -2.19. The van der Waals surface area contributed by atoms with Crippen LogP contribution in [0.2, 0.25) is 0 Å². The summed E-state index contributed by atoms with van der Waals surface area (Å²) in [5.74, 6) is 0.179. The van der Waals surface area contributed by atoms with Crippen LogP contribution in [0.3, 0.4) is 0 Å². The third-order valence-electron chi connectivity index (χ3n) is 3.03. The second kappa shape index (κ2) is 5.67. The highest BCUT2D eigenvalue weighted by molar-refractivity contribution is 7.99. The van der Waals surface area contributed by atoms with Crippen LogP contribution in [0.1, 0.15) is 30.3 Å². The van der Waals surface area contributed by atoms with E-state index in [0.717, 1.165) is 22.1 Å². The van der Waals surface area contributed by atoms with E-state index in [1.165, 1.54) is 11.8 Å². The SMILES string of the molecule is Cc1nc(SCCC(C)(N)C(N)=O)nc(C)c1C. The highest BCUT2D eigenvalue weighted by Crippen LogP contribution is 2.20. The Kier molecular flexibility index (Phi) is 4.70. The number of nitrogens with zero attached hydrogens (tertiary/aromatic N) is 2. The minimum absolute atomic E-state index is 0.486. The lowest BCUT2D eigenvalue weighted by atomic mass is 10.0. The van der Waals surface area contributed by atoms with E-state index in [0.29, 0.717) is 12.2 Å². The summed E-state index contributed by atoms with van der Waals surface area (Å²) in [6, 6.07) is 0. The molecule has 0 bridgehead atoms. The van der Waals surface area contributed by atoms with E-state index in [2.05, 4.69) is 9.97 Å². The number of thioether (sulfide) groups is 1. The van der Waals surface area contributed by atoms with Crippen molar-refractivity contribution in [2.75, 3.05) is 5.75 Å². The van der Waals surface area contributed by atoms with Gasteiger partial charge in [-0.3, -0.25) is 4.79 Å².